The van der Waals surface area contributed by atoms with E-state index in [-0.39, 0.29) is 16.8 Å². The minimum atomic E-state index is -1.03. The van der Waals surface area contributed by atoms with E-state index in [9.17, 15) is 14.3 Å². The van der Waals surface area contributed by atoms with Gasteiger partial charge in [-0.25, -0.2) is 9.18 Å². The third kappa shape index (κ3) is 3.73. The van der Waals surface area contributed by atoms with E-state index in [0.29, 0.717) is 28.0 Å². The van der Waals surface area contributed by atoms with Gasteiger partial charge in [0.1, 0.15) is 11.6 Å². The molecule has 0 amide bonds. The summed E-state index contributed by atoms with van der Waals surface area (Å²) in [7, 11) is 1.53. The lowest BCUT2D eigenvalue weighted by atomic mass is 9.79. The van der Waals surface area contributed by atoms with Crippen LogP contribution in [-0.2, 0) is 0 Å². The summed E-state index contributed by atoms with van der Waals surface area (Å²) in [4.78, 5) is 11.4. The fourth-order valence-corrected chi connectivity index (χ4v) is 2.62. The van der Waals surface area contributed by atoms with Crippen LogP contribution in [0.3, 0.4) is 0 Å². The second kappa shape index (κ2) is 6.71. The van der Waals surface area contributed by atoms with Crippen LogP contribution in [0.5, 0.6) is 5.75 Å². The average Bonchev–Trinajstić information content (AvgIpc) is 2.55. The van der Waals surface area contributed by atoms with Crippen molar-refractivity contribution in [2.45, 2.75) is 27.7 Å². The molecule has 2 aromatic rings. The lowest BCUT2D eigenvalue weighted by molar-refractivity contribution is 0.0697. The van der Waals surface area contributed by atoms with E-state index in [4.69, 9.17) is 4.74 Å². The minimum absolute atomic E-state index is 0.143. The largest absolute Gasteiger partial charge is 0.497 e. The number of carboxylic acids is 1. The van der Waals surface area contributed by atoms with Crippen molar-refractivity contribution >= 4 is 11.5 Å². The zero-order chi connectivity index (χ0) is 18.9. The van der Waals surface area contributed by atoms with Crippen molar-refractivity contribution in [2.24, 2.45) is 5.41 Å². The van der Waals surface area contributed by atoms with Crippen LogP contribution in [0.25, 0.3) is 16.7 Å². The summed E-state index contributed by atoms with van der Waals surface area (Å²) in [6.07, 6.45) is 0. The number of ether oxygens (including phenoxy) is 1. The Hall–Kier alpha value is -2.62. The van der Waals surface area contributed by atoms with Crippen LogP contribution in [0.4, 0.5) is 4.39 Å². The molecule has 0 aliphatic carbocycles. The Bertz CT molecular complexity index is 845. The van der Waals surface area contributed by atoms with Gasteiger partial charge in [-0.3, -0.25) is 0 Å². The molecule has 0 spiro atoms. The van der Waals surface area contributed by atoms with Crippen LogP contribution in [-0.4, -0.2) is 18.2 Å². The highest BCUT2D eigenvalue weighted by molar-refractivity contribution is 5.92. The lowest BCUT2D eigenvalue weighted by Crippen LogP contribution is -2.10. The molecule has 0 radical (unpaired) electrons. The van der Waals surface area contributed by atoms with Crippen LogP contribution in [0.15, 0.2) is 36.9 Å². The van der Waals surface area contributed by atoms with Gasteiger partial charge in [0.15, 0.2) is 0 Å². The molecule has 25 heavy (non-hydrogen) atoms. The quantitative estimate of drug-likeness (QED) is 0.790. The van der Waals surface area contributed by atoms with E-state index < -0.39 is 5.97 Å². The Morgan fingerprint density at radius 2 is 1.80 bits per heavy atom. The standard InChI is InChI=1S/C21H23FO3/c1-12-9-15(25-6)11-18(19(12)22)16-8-7-14(20(23)24)10-17(16)13(2)21(3,4)5/h7-11H,2H2,1,3-6H3,(H,23,24). The first-order valence-electron chi connectivity index (χ1n) is 7.98. The zero-order valence-electron chi connectivity index (χ0n) is 15.2. The molecule has 0 aliphatic heterocycles. The number of methoxy groups -OCH3 is 1. The second-order valence-electron chi connectivity index (χ2n) is 7.10. The first-order valence-corrected chi connectivity index (χ1v) is 7.98. The van der Waals surface area contributed by atoms with Crippen molar-refractivity contribution in [3.05, 3.63) is 59.4 Å². The van der Waals surface area contributed by atoms with Gasteiger partial charge in [0.25, 0.3) is 0 Å². The summed E-state index contributed by atoms with van der Waals surface area (Å²) in [5.74, 6) is -0.841. The average molecular weight is 342 g/mol. The first kappa shape index (κ1) is 18.7. The Balaban J connectivity index is 2.80. The molecule has 2 aromatic carbocycles. The highest BCUT2D eigenvalue weighted by Gasteiger charge is 2.23. The third-order valence-corrected chi connectivity index (χ3v) is 4.25. The molecule has 0 fully saturated rings. The van der Waals surface area contributed by atoms with Crippen molar-refractivity contribution in [2.75, 3.05) is 7.11 Å². The highest BCUT2D eigenvalue weighted by Crippen LogP contribution is 2.40. The number of benzene rings is 2. The van der Waals surface area contributed by atoms with Gasteiger partial charge in [0, 0.05) is 5.56 Å². The SMILES string of the molecule is C=C(c1cc(C(=O)O)ccc1-c1cc(OC)cc(C)c1F)C(C)(C)C. The first-order chi connectivity index (χ1) is 11.6. The molecular weight excluding hydrogens is 319 g/mol. The fraction of sp³-hybridized carbons (Fsp3) is 0.286. The van der Waals surface area contributed by atoms with Gasteiger partial charge < -0.3 is 9.84 Å². The molecule has 1 N–H and O–H groups in total. The second-order valence-corrected chi connectivity index (χ2v) is 7.10. The van der Waals surface area contributed by atoms with E-state index in [1.165, 1.54) is 13.2 Å². The Morgan fingerprint density at radius 3 is 2.32 bits per heavy atom. The molecule has 0 unspecified atom stereocenters. The van der Waals surface area contributed by atoms with Crippen molar-refractivity contribution in [3.8, 4) is 16.9 Å². The predicted molar refractivity (Wildman–Crippen MR) is 98.6 cm³/mol. The topological polar surface area (TPSA) is 46.5 Å². The molecule has 0 atom stereocenters. The van der Waals surface area contributed by atoms with Crippen LogP contribution < -0.4 is 4.74 Å². The van der Waals surface area contributed by atoms with Gasteiger partial charge in [-0.15, -0.1) is 0 Å². The van der Waals surface area contributed by atoms with Crippen LogP contribution in [0, 0.1) is 18.2 Å². The molecule has 4 heteroatoms. The summed E-state index contributed by atoms with van der Waals surface area (Å²) in [5, 5.41) is 9.31. The number of aryl methyl sites for hydroxylation is 1. The summed E-state index contributed by atoms with van der Waals surface area (Å²) >= 11 is 0. The van der Waals surface area contributed by atoms with Gasteiger partial charge >= 0.3 is 5.97 Å². The maximum atomic E-state index is 14.8. The molecule has 0 aliphatic rings. The van der Waals surface area contributed by atoms with Gasteiger partial charge in [-0.1, -0.05) is 33.4 Å². The molecule has 0 saturated heterocycles. The predicted octanol–water partition coefficient (Wildman–Crippen LogP) is 5.57. The maximum absolute atomic E-state index is 14.8. The Morgan fingerprint density at radius 1 is 1.16 bits per heavy atom. The van der Waals surface area contributed by atoms with Crippen molar-refractivity contribution in [1.29, 1.82) is 0 Å². The van der Waals surface area contributed by atoms with E-state index in [1.54, 1.807) is 31.2 Å². The molecule has 0 heterocycles. The number of hydrogen-bond donors (Lipinski definition) is 1. The minimum Gasteiger partial charge on any atom is -0.497 e. The van der Waals surface area contributed by atoms with E-state index in [0.717, 1.165) is 5.57 Å². The zero-order valence-corrected chi connectivity index (χ0v) is 15.2. The number of allylic oxidation sites excluding steroid dienone is 1. The summed E-state index contributed by atoms with van der Waals surface area (Å²) < 4.78 is 20.1. The number of hydrogen-bond acceptors (Lipinski definition) is 2. The number of halogens is 1. The Labute approximate surface area is 147 Å². The molecule has 0 saturated carbocycles. The fourth-order valence-electron chi connectivity index (χ4n) is 2.62. The van der Waals surface area contributed by atoms with Crippen LogP contribution >= 0.6 is 0 Å². The van der Waals surface area contributed by atoms with Crippen LogP contribution in [0.2, 0.25) is 0 Å². The van der Waals surface area contributed by atoms with Gasteiger partial charge in [-0.2, -0.15) is 0 Å². The smallest absolute Gasteiger partial charge is 0.335 e. The molecule has 2 rings (SSSR count). The third-order valence-electron chi connectivity index (χ3n) is 4.25. The number of aromatic carboxylic acids is 1. The molecule has 0 aromatic heterocycles. The van der Waals surface area contributed by atoms with Gasteiger partial charge in [-0.05, 0) is 58.9 Å². The van der Waals surface area contributed by atoms with E-state index in [2.05, 4.69) is 6.58 Å². The normalized spacial score (nSPS) is 11.3. The summed E-state index contributed by atoms with van der Waals surface area (Å²) in [6.45, 7) is 11.8. The summed E-state index contributed by atoms with van der Waals surface area (Å²) in [6, 6.07) is 7.91. The molecule has 132 valence electrons. The van der Waals surface area contributed by atoms with Crippen molar-refractivity contribution < 1.29 is 19.0 Å². The highest BCUT2D eigenvalue weighted by atomic mass is 19.1. The van der Waals surface area contributed by atoms with Gasteiger partial charge in [0.2, 0.25) is 0 Å². The molecule has 0 bridgehead atoms. The number of carboxylic acid groups (broad SMARTS) is 1. The van der Waals surface area contributed by atoms with Crippen molar-refractivity contribution in [1.82, 2.24) is 0 Å². The van der Waals surface area contributed by atoms with Crippen molar-refractivity contribution in [3.63, 3.8) is 0 Å². The molecule has 3 nitrogen and oxygen atoms in total. The monoisotopic (exact) mass is 342 g/mol. The number of carbonyl (C=O) groups is 1. The van der Waals surface area contributed by atoms with Crippen LogP contribution in [0.1, 0.15) is 42.3 Å². The van der Waals surface area contributed by atoms with E-state index in [1.807, 2.05) is 20.8 Å². The lowest BCUT2D eigenvalue weighted by Gasteiger charge is -2.25. The van der Waals surface area contributed by atoms with E-state index >= 15 is 0 Å². The molecular formula is C21H23FO3. The maximum Gasteiger partial charge on any atom is 0.335 e. The summed E-state index contributed by atoms with van der Waals surface area (Å²) in [5.41, 5.74) is 2.65. The number of rotatable bonds is 4. The van der Waals surface area contributed by atoms with Gasteiger partial charge in [0.05, 0.1) is 12.7 Å². The Kier molecular flexibility index (Phi) is 5.02.